The fourth-order valence-electron chi connectivity index (χ4n) is 1.81. The number of urea groups is 1. The lowest BCUT2D eigenvalue weighted by Gasteiger charge is -2.15. The maximum atomic E-state index is 11.9. The average molecular weight is 334 g/mol. The predicted octanol–water partition coefficient (Wildman–Crippen LogP) is 2.38. The van der Waals surface area contributed by atoms with E-state index >= 15 is 0 Å². The Morgan fingerprint density at radius 2 is 1.96 bits per heavy atom. The van der Waals surface area contributed by atoms with Crippen LogP contribution in [0.1, 0.15) is 22.6 Å². The van der Waals surface area contributed by atoms with Gasteiger partial charge in [-0.3, -0.25) is 10.1 Å². The monoisotopic (exact) mass is 334 g/mol. The average Bonchev–Trinajstić information content (AvgIpc) is 2.94. The van der Waals surface area contributed by atoms with Crippen LogP contribution in [-0.2, 0) is 11.2 Å². The smallest absolute Gasteiger partial charge is 0.323 e. The van der Waals surface area contributed by atoms with Gasteiger partial charge in [-0.15, -0.1) is 10.2 Å². The van der Waals surface area contributed by atoms with Gasteiger partial charge >= 0.3 is 12.0 Å². The molecule has 0 spiro atoms. The highest BCUT2D eigenvalue weighted by Gasteiger charge is 2.13. The first-order valence-electron chi connectivity index (χ1n) is 7.06. The minimum Gasteiger partial charge on any atom is -0.481 e. The summed E-state index contributed by atoms with van der Waals surface area (Å²) in [7, 11) is 1.53. The Bertz CT molecular complexity index is 684. The first kappa shape index (κ1) is 16.9. The molecule has 0 saturated heterocycles. The summed E-state index contributed by atoms with van der Waals surface area (Å²) < 4.78 is 0. The van der Waals surface area contributed by atoms with E-state index in [1.807, 2.05) is 31.2 Å². The topological polar surface area (TPSA) is 95.4 Å². The molecule has 2 N–H and O–H groups in total. The van der Waals surface area contributed by atoms with Crippen LogP contribution in [0.15, 0.2) is 24.3 Å². The van der Waals surface area contributed by atoms with Crippen LogP contribution in [0.3, 0.4) is 0 Å². The fourth-order valence-corrected chi connectivity index (χ4v) is 2.57. The molecule has 0 aliphatic carbocycles. The van der Waals surface area contributed by atoms with Gasteiger partial charge in [0.05, 0.1) is 6.42 Å². The number of nitrogens with one attached hydrogen (secondary N) is 1. The summed E-state index contributed by atoms with van der Waals surface area (Å²) in [5, 5.41) is 20.4. The van der Waals surface area contributed by atoms with Crippen molar-refractivity contribution >= 4 is 28.5 Å². The van der Waals surface area contributed by atoms with Crippen molar-refractivity contribution in [1.29, 1.82) is 0 Å². The van der Waals surface area contributed by atoms with Crippen molar-refractivity contribution in [2.45, 2.75) is 19.8 Å². The lowest BCUT2D eigenvalue weighted by Crippen LogP contribution is -2.33. The van der Waals surface area contributed by atoms with Crippen LogP contribution in [0.25, 0.3) is 0 Å². The van der Waals surface area contributed by atoms with Crippen LogP contribution < -0.4 is 5.32 Å². The standard InChI is InChI=1S/C15H18N4O3S/c1-10-3-5-11(6-4-10)9-12-17-18-14(23-12)16-15(22)19(2)8-7-13(20)21/h3-6H,7-9H2,1-2H3,(H,20,21)(H,16,18,22). The number of hydrogen-bond donors (Lipinski definition) is 2. The van der Waals surface area contributed by atoms with E-state index < -0.39 is 12.0 Å². The van der Waals surface area contributed by atoms with Crippen molar-refractivity contribution in [3.8, 4) is 0 Å². The Labute approximate surface area is 138 Å². The van der Waals surface area contributed by atoms with E-state index in [-0.39, 0.29) is 13.0 Å². The second kappa shape index (κ2) is 7.68. The summed E-state index contributed by atoms with van der Waals surface area (Å²) >= 11 is 1.30. The molecule has 0 atom stereocenters. The van der Waals surface area contributed by atoms with E-state index in [0.717, 1.165) is 10.6 Å². The molecule has 7 nitrogen and oxygen atoms in total. The van der Waals surface area contributed by atoms with Crippen LogP contribution in [0.2, 0.25) is 0 Å². The third-order valence-corrected chi connectivity index (χ3v) is 4.00. The minimum absolute atomic E-state index is 0.0985. The molecule has 0 aliphatic heterocycles. The van der Waals surface area contributed by atoms with Crippen molar-refractivity contribution in [3.05, 3.63) is 40.4 Å². The highest BCUT2D eigenvalue weighted by atomic mass is 32.1. The van der Waals surface area contributed by atoms with E-state index in [1.165, 1.54) is 28.8 Å². The Kier molecular flexibility index (Phi) is 5.64. The maximum absolute atomic E-state index is 11.9. The molecule has 0 aliphatic rings. The van der Waals surface area contributed by atoms with Gasteiger partial charge in [-0.05, 0) is 12.5 Å². The molecule has 0 unspecified atom stereocenters. The van der Waals surface area contributed by atoms with E-state index in [2.05, 4.69) is 15.5 Å². The number of aryl methyl sites for hydroxylation is 1. The Morgan fingerprint density at radius 3 is 2.61 bits per heavy atom. The fraction of sp³-hybridized carbons (Fsp3) is 0.333. The summed E-state index contributed by atoms with van der Waals surface area (Å²) in [5.41, 5.74) is 2.33. The summed E-state index contributed by atoms with van der Waals surface area (Å²) in [4.78, 5) is 23.7. The van der Waals surface area contributed by atoms with Crippen molar-refractivity contribution < 1.29 is 14.7 Å². The number of aliphatic carboxylic acids is 1. The molecular weight excluding hydrogens is 316 g/mol. The molecule has 122 valence electrons. The van der Waals surface area contributed by atoms with Crippen LogP contribution in [0, 0.1) is 6.92 Å². The first-order chi connectivity index (χ1) is 10.9. The summed E-state index contributed by atoms with van der Waals surface area (Å²) in [5.74, 6) is -0.944. The van der Waals surface area contributed by atoms with Gasteiger partial charge in [0, 0.05) is 20.0 Å². The number of nitrogens with zero attached hydrogens (tertiary/aromatic N) is 3. The molecule has 1 heterocycles. The van der Waals surface area contributed by atoms with Crippen molar-refractivity contribution in [3.63, 3.8) is 0 Å². The van der Waals surface area contributed by atoms with Crippen LogP contribution >= 0.6 is 11.3 Å². The number of carboxylic acid groups (broad SMARTS) is 1. The Hall–Kier alpha value is -2.48. The van der Waals surface area contributed by atoms with E-state index in [4.69, 9.17) is 5.11 Å². The molecule has 23 heavy (non-hydrogen) atoms. The Balaban J connectivity index is 1.90. The van der Waals surface area contributed by atoms with Gasteiger partial charge < -0.3 is 10.0 Å². The normalized spacial score (nSPS) is 10.3. The number of hydrogen-bond acceptors (Lipinski definition) is 5. The molecule has 0 bridgehead atoms. The highest BCUT2D eigenvalue weighted by molar-refractivity contribution is 7.15. The number of rotatable bonds is 6. The predicted molar refractivity (Wildman–Crippen MR) is 87.8 cm³/mol. The summed E-state index contributed by atoms with van der Waals surface area (Å²) in [6.45, 7) is 2.17. The van der Waals surface area contributed by atoms with Crippen molar-refractivity contribution in [2.24, 2.45) is 0 Å². The largest absolute Gasteiger partial charge is 0.481 e. The zero-order chi connectivity index (χ0) is 16.8. The van der Waals surface area contributed by atoms with Gasteiger partial charge in [-0.2, -0.15) is 0 Å². The quantitative estimate of drug-likeness (QED) is 0.845. The second-order valence-electron chi connectivity index (χ2n) is 5.16. The van der Waals surface area contributed by atoms with Crippen LogP contribution in [-0.4, -0.2) is 45.8 Å². The third-order valence-electron chi connectivity index (χ3n) is 3.16. The molecular formula is C15H18N4O3S. The second-order valence-corrected chi connectivity index (χ2v) is 6.22. The van der Waals surface area contributed by atoms with Gasteiger partial charge in [0.2, 0.25) is 5.13 Å². The molecule has 0 saturated carbocycles. The highest BCUT2D eigenvalue weighted by Crippen LogP contribution is 2.19. The SMILES string of the molecule is Cc1ccc(Cc2nnc(NC(=O)N(C)CCC(=O)O)s2)cc1. The molecule has 2 amide bonds. The molecule has 1 aromatic carbocycles. The zero-order valence-corrected chi connectivity index (χ0v) is 13.8. The molecule has 1 aromatic heterocycles. The van der Waals surface area contributed by atoms with Gasteiger partial charge in [-0.1, -0.05) is 41.2 Å². The van der Waals surface area contributed by atoms with Crippen LogP contribution in [0.5, 0.6) is 0 Å². The molecule has 0 radical (unpaired) electrons. The van der Waals surface area contributed by atoms with Crippen molar-refractivity contribution in [2.75, 3.05) is 18.9 Å². The van der Waals surface area contributed by atoms with Gasteiger partial charge in [0.1, 0.15) is 5.01 Å². The number of aromatic nitrogens is 2. The molecule has 2 aromatic rings. The first-order valence-corrected chi connectivity index (χ1v) is 7.87. The summed E-state index contributed by atoms with van der Waals surface area (Å²) in [6.07, 6.45) is 0.557. The summed E-state index contributed by atoms with van der Waals surface area (Å²) in [6, 6.07) is 7.75. The maximum Gasteiger partial charge on any atom is 0.323 e. The number of amides is 2. The number of benzene rings is 1. The van der Waals surface area contributed by atoms with Gasteiger partial charge in [0.25, 0.3) is 0 Å². The lowest BCUT2D eigenvalue weighted by atomic mass is 10.1. The number of carboxylic acids is 1. The van der Waals surface area contributed by atoms with Crippen molar-refractivity contribution in [1.82, 2.24) is 15.1 Å². The minimum atomic E-state index is -0.944. The zero-order valence-electron chi connectivity index (χ0n) is 12.9. The molecule has 8 heteroatoms. The van der Waals surface area contributed by atoms with Gasteiger partial charge in [0.15, 0.2) is 0 Å². The van der Waals surface area contributed by atoms with Gasteiger partial charge in [-0.25, -0.2) is 4.79 Å². The van der Waals surface area contributed by atoms with Crippen LogP contribution in [0.4, 0.5) is 9.93 Å². The van der Waals surface area contributed by atoms with E-state index in [9.17, 15) is 9.59 Å². The Morgan fingerprint density at radius 1 is 1.26 bits per heavy atom. The third kappa shape index (κ3) is 5.33. The number of carbonyl (C=O) groups is 2. The molecule has 0 fully saturated rings. The number of anilines is 1. The number of carbonyl (C=O) groups excluding carboxylic acids is 1. The molecule has 2 rings (SSSR count). The van der Waals surface area contributed by atoms with E-state index in [0.29, 0.717) is 11.6 Å². The lowest BCUT2D eigenvalue weighted by molar-refractivity contribution is -0.137. The van der Waals surface area contributed by atoms with E-state index in [1.54, 1.807) is 0 Å².